The molecule has 2 aromatic heterocycles. The van der Waals surface area contributed by atoms with E-state index >= 15 is 0 Å². The van der Waals surface area contributed by atoms with E-state index in [1.54, 1.807) is 40.8 Å². The van der Waals surface area contributed by atoms with Crippen molar-refractivity contribution in [2.24, 2.45) is 0 Å². The minimum Gasteiger partial charge on any atom is -0.293 e. The molecule has 28 heavy (non-hydrogen) atoms. The average molecular weight is 411 g/mol. The standard InChI is InChI=1S/C20H15ClN4O2S/c1-2-11-24-18(27)14-8-4-6-10-16(14)25-19(24)22-23-20(25)28-12-17(26)13-7-3-5-9-15(13)21/h2-10H,1,11-12H2. The van der Waals surface area contributed by atoms with Crippen molar-refractivity contribution in [1.29, 1.82) is 0 Å². The predicted molar refractivity (Wildman–Crippen MR) is 111 cm³/mol. The molecule has 0 radical (unpaired) electrons. The first-order chi connectivity index (χ1) is 13.6. The fraction of sp³-hybridized carbons (Fsp3) is 0.100. The number of ketones is 1. The van der Waals surface area contributed by atoms with Crippen LogP contribution >= 0.6 is 23.4 Å². The lowest BCUT2D eigenvalue weighted by atomic mass is 10.1. The zero-order valence-corrected chi connectivity index (χ0v) is 16.3. The number of hydrogen-bond donors (Lipinski definition) is 0. The molecule has 0 saturated carbocycles. The van der Waals surface area contributed by atoms with Crippen LogP contribution in [0.5, 0.6) is 0 Å². The number of fused-ring (bicyclic) bond motifs is 3. The first kappa shape index (κ1) is 18.5. The number of rotatable bonds is 6. The number of halogens is 1. The number of aromatic nitrogens is 4. The summed E-state index contributed by atoms with van der Waals surface area (Å²) in [6, 6.07) is 14.2. The Morgan fingerprint density at radius 2 is 1.89 bits per heavy atom. The van der Waals surface area contributed by atoms with Gasteiger partial charge in [-0.2, -0.15) is 0 Å². The summed E-state index contributed by atoms with van der Waals surface area (Å²) in [5.74, 6) is 0.465. The Labute approximate surface area is 169 Å². The van der Waals surface area contributed by atoms with Crippen LogP contribution in [0.3, 0.4) is 0 Å². The van der Waals surface area contributed by atoms with Gasteiger partial charge in [0.2, 0.25) is 5.78 Å². The SMILES string of the molecule is C=CCn1c(=O)c2ccccc2n2c(SCC(=O)c3ccccc3Cl)nnc12. The zero-order valence-electron chi connectivity index (χ0n) is 14.7. The number of para-hydroxylation sites is 1. The van der Waals surface area contributed by atoms with Gasteiger partial charge in [-0.1, -0.05) is 53.7 Å². The predicted octanol–water partition coefficient (Wildman–Crippen LogP) is 3.86. The largest absolute Gasteiger partial charge is 0.293 e. The lowest BCUT2D eigenvalue weighted by Gasteiger charge is -2.09. The lowest BCUT2D eigenvalue weighted by Crippen LogP contribution is -2.22. The van der Waals surface area contributed by atoms with Crippen LogP contribution in [0.2, 0.25) is 5.02 Å². The fourth-order valence-electron chi connectivity index (χ4n) is 3.02. The Morgan fingerprint density at radius 1 is 1.14 bits per heavy atom. The molecule has 0 aliphatic rings. The van der Waals surface area contributed by atoms with Crippen LogP contribution in [0.25, 0.3) is 16.7 Å². The van der Waals surface area contributed by atoms with Crippen molar-refractivity contribution < 1.29 is 4.79 Å². The van der Waals surface area contributed by atoms with Crippen LogP contribution in [0.15, 0.2) is 71.1 Å². The van der Waals surface area contributed by atoms with E-state index in [-0.39, 0.29) is 17.1 Å². The van der Waals surface area contributed by atoms with E-state index < -0.39 is 0 Å². The molecular formula is C20H15ClN4O2S. The van der Waals surface area contributed by atoms with Gasteiger partial charge in [0.25, 0.3) is 5.56 Å². The molecular weight excluding hydrogens is 396 g/mol. The molecule has 0 bridgehead atoms. The molecule has 2 aromatic carbocycles. The van der Waals surface area contributed by atoms with E-state index in [2.05, 4.69) is 16.8 Å². The number of Topliss-reactive ketones (excluding diaryl/α,β-unsaturated/α-hetero) is 1. The molecule has 0 aliphatic carbocycles. The number of thioether (sulfide) groups is 1. The molecule has 0 amide bonds. The van der Waals surface area contributed by atoms with E-state index in [9.17, 15) is 9.59 Å². The third-order valence-corrected chi connectivity index (χ3v) is 5.56. The molecule has 0 aliphatic heterocycles. The lowest BCUT2D eigenvalue weighted by molar-refractivity contribution is 0.102. The number of benzene rings is 2. The number of allylic oxidation sites excluding steroid dienone is 1. The summed E-state index contributed by atoms with van der Waals surface area (Å²) in [5.41, 5.74) is 1.01. The summed E-state index contributed by atoms with van der Waals surface area (Å²) in [5, 5.41) is 9.91. The maximum absolute atomic E-state index is 12.8. The van der Waals surface area contributed by atoms with Gasteiger partial charge in [0.1, 0.15) is 0 Å². The second-order valence-electron chi connectivity index (χ2n) is 6.03. The molecule has 0 atom stereocenters. The molecule has 8 heteroatoms. The van der Waals surface area contributed by atoms with Gasteiger partial charge in [-0.25, -0.2) is 0 Å². The molecule has 4 aromatic rings. The highest BCUT2D eigenvalue weighted by molar-refractivity contribution is 7.99. The smallest absolute Gasteiger partial charge is 0.263 e. The minimum atomic E-state index is -0.154. The maximum Gasteiger partial charge on any atom is 0.263 e. The van der Waals surface area contributed by atoms with Crippen molar-refractivity contribution in [3.8, 4) is 0 Å². The number of nitrogens with zero attached hydrogens (tertiary/aromatic N) is 4. The van der Waals surface area contributed by atoms with Crippen molar-refractivity contribution in [2.45, 2.75) is 11.7 Å². The summed E-state index contributed by atoms with van der Waals surface area (Å²) in [6.07, 6.45) is 1.64. The van der Waals surface area contributed by atoms with Crippen LogP contribution in [-0.4, -0.2) is 30.7 Å². The van der Waals surface area contributed by atoms with Crippen molar-refractivity contribution in [3.05, 3.63) is 82.1 Å². The van der Waals surface area contributed by atoms with Gasteiger partial charge in [0.05, 0.1) is 21.7 Å². The van der Waals surface area contributed by atoms with E-state index in [4.69, 9.17) is 11.6 Å². The molecule has 0 unspecified atom stereocenters. The van der Waals surface area contributed by atoms with Gasteiger partial charge >= 0.3 is 0 Å². The molecule has 6 nitrogen and oxygen atoms in total. The third-order valence-electron chi connectivity index (χ3n) is 4.30. The average Bonchev–Trinajstić information content (AvgIpc) is 3.13. The van der Waals surface area contributed by atoms with Crippen molar-refractivity contribution >= 4 is 45.8 Å². The monoisotopic (exact) mass is 410 g/mol. The van der Waals surface area contributed by atoms with Crippen molar-refractivity contribution in [3.63, 3.8) is 0 Å². The van der Waals surface area contributed by atoms with Crippen LogP contribution in [0.1, 0.15) is 10.4 Å². The van der Waals surface area contributed by atoms with Gasteiger partial charge in [0.15, 0.2) is 10.9 Å². The van der Waals surface area contributed by atoms with Gasteiger partial charge in [0, 0.05) is 12.1 Å². The first-order valence-electron chi connectivity index (χ1n) is 8.50. The summed E-state index contributed by atoms with van der Waals surface area (Å²) in [7, 11) is 0. The second-order valence-corrected chi connectivity index (χ2v) is 7.38. The van der Waals surface area contributed by atoms with Crippen molar-refractivity contribution in [1.82, 2.24) is 19.2 Å². The number of carbonyl (C=O) groups is 1. The highest BCUT2D eigenvalue weighted by atomic mass is 35.5. The van der Waals surface area contributed by atoms with Gasteiger partial charge < -0.3 is 0 Å². The molecule has 0 N–H and O–H groups in total. The Kier molecular flexibility index (Phi) is 5.02. The van der Waals surface area contributed by atoms with Crippen molar-refractivity contribution in [2.75, 3.05) is 5.75 Å². The van der Waals surface area contributed by atoms with E-state index in [1.807, 2.05) is 18.2 Å². The molecule has 0 fully saturated rings. The van der Waals surface area contributed by atoms with E-state index in [1.165, 1.54) is 16.3 Å². The molecule has 0 saturated heterocycles. The highest BCUT2D eigenvalue weighted by Gasteiger charge is 2.18. The molecule has 4 rings (SSSR count). The number of carbonyl (C=O) groups excluding carboxylic acids is 1. The summed E-state index contributed by atoms with van der Waals surface area (Å²) in [4.78, 5) is 25.3. The van der Waals surface area contributed by atoms with E-state index in [0.717, 1.165) is 0 Å². The minimum absolute atomic E-state index is 0.101. The summed E-state index contributed by atoms with van der Waals surface area (Å²) < 4.78 is 3.31. The Bertz CT molecular complexity index is 1280. The van der Waals surface area contributed by atoms with Crippen LogP contribution in [0.4, 0.5) is 0 Å². The highest BCUT2D eigenvalue weighted by Crippen LogP contribution is 2.24. The third kappa shape index (κ3) is 3.12. The quantitative estimate of drug-likeness (QED) is 0.274. The first-order valence-corrected chi connectivity index (χ1v) is 9.86. The van der Waals surface area contributed by atoms with E-state index in [0.29, 0.717) is 39.0 Å². The summed E-state index contributed by atoms with van der Waals surface area (Å²) in [6.45, 7) is 4.03. The molecule has 2 heterocycles. The summed E-state index contributed by atoms with van der Waals surface area (Å²) >= 11 is 7.37. The normalized spacial score (nSPS) is 11.2. The van der Waals surface area contributed by atoms with Gasteiger partial charge in [-0.05, 0) is 24.3 Å². The van der Waals surface area contributed by atoms with Crippen LogP contribution in [-0.2, 0) is 6.54 Å². The Balaban J connectivity index is 1.78. The van der Waals surface area contributed by atoms with Crippen LogP contribution < -0.4 is 5.56 Å². The zero-order chi connectivity index (χ0) is 19.7. The van der Waals surface area contributed by atoms with Gasteiger partial charge in [-0.3, -0.25) is 18.6 Å². The molecule has 140 valence electrons. The topological polar surface area (TPSA) is 69.3 Å². The Morgan fingerprint density at radius 3 is 2.68 bits per heavy atom. The van der Waals surface area contributed by atoms with Crippen LogP contribution in [0, 0.1) is 0 Å². The fourth-order valence-corrected chi connectivity index (χ4v) is 4.08. The number of hydrogen-bond acceptors (Lipinski definition) is 5. The maximum atomic E-state index is 12.8. The van der Waals surface area contributed by atoms with Gasteiger partial charge in [-0.15, -0.1) is 16.8 Å². The second kappa shape index (κ2) is 7.61. The Hall–Kier alpha value is -2.90. The molecule has 0 spiro atoms.